The Balaban J connectivity index is 3.37. The van der Waals surface area contributed by atoms with Gasteiger partial charge in [0, 0.05) is 18.6 Å². The van der Waals surface area contributed by atoms with Gasteiger partial charge in [0.2, 0.25) is 10.0 Å². The van der Waals surface area contributed by atoms with E-state index < -0.39 is 21.4 Å². The lowest BCUT2D eigenvalue weighted by molar-refractivity contribution is 0.235. The van der Waals surface area contributed by atoms with Gasteiger partial charge in [0.15, 0.2) is 0 Å². The van der Waals surface area contributed by atoms with Crippen molar-refractivity contribution in [2.45, 2.75) is 44.6 Å². The Morgan fingerprint density at radius 2 is 1.95 bits per heavy atom. The summed E-state index contributed by atoms with van der Waals surface area (Å²) in [5, 5.41) is 0. The average molecular weight is 302 g/mol. The third kappa shape index (κ3) is 3.37. The molecule has 0 atom stereocenters. The highest BCUT2D eigenvalue weighted by atomic mass is 32.2. The molecule has 6 heteroatoms. The Morgan fingerprint density at radius 3 is 2.40 bits per heavy atom. The topological polar surface area (TPSA) is 63.4 Å². The maximum atomic E-state index is 13.2. The van der Waals surface area contributed by atoms with E-state index in [4.69, 9.17) is 5.73 Å². The summed E-state index contributed by atoms with van der Waals surface area (Å²) in [6.45, 7) is 7.68. The third-order valence-corrected chi connectivity index (χ3v) is 5.58. The second kappa shape index (κ2) is 6.20. The minimum Gasteiger partial charge on any atom is -0.329 e. The number of nitrogens with zero attached hydrogens (tertiary/aromatic N) is 1. The van der Waals surface area contributed by atoms with Crippen molar-refractivity contribution < 1.29 is 12.8 Å². The predicted octanol–water partition coefficient (Wildman–Crippen LogP) is 2.27. The molecular formula is C14H23FN2O2S. The van der Waals surface area contributed by atoms with Crippen molar-refractivity contribution in [3.05, 3.63) is 29.6 Å². The lowest BCUT2D eigenvalue weighted by Gasteiger charge is -2.36. The van der Waals surface area contributed by atoms with Crippen molar-refractivity contribution in [2.24, 2.45) is 5.73 Å². The number of halogens is 1. The Bertz CT molecular complexity index is 571. The quantitative estimate of drug-likeness (QED) is 0.877. The summed E-state index contributed by atoms with van der Waals surface area (Å²) in [7, 11) is -3.69. The molecule has 0 saturated heterocycles. The molecule has 1 aromatic rings. The van der Waals surface area contributed by atoms with Crippen molar-refractivity contribution in [1.29, 1.82) is 0 Å². The van der Waals surface area contributed by atoms with Gasteiger partial charge in [-0.3, -0.25) is 0 Å². The molecule has 0 bridgehead atoms. The number of nitrogens with two attached hydrogens (primary N) is 1. The summed E-state index contributed by atoms with van der Waals surface area (Å²) in [6, 6.07) is 3.71. The van der Waals surface area contributed by atoms with Crippen molar-refractivity contribution >= 4 is 10.0 Å². The van der Waals surface area contributed by atoms with Crippen LogP contribution in [0.2, 0.25) is 0 Å². The highest BCUT2D eigenvalue weighted by Gasteiger charge is 2.36. The average Bonchev–Trinajstić information content (AvgIpc) is 2.35. The van der Waals surface area contributed by atoms with Gasteiger partial charge in [0.05, 0.1) is 4.90 Å². The Morgan fingerprint density at radius 1 is 1.35 bits per heavy atom. The molecule has 0 aromatic heterocycles. The normalized spacial score (nSPS) is 12.9. The van der Waals surface area contributed by atoms with Gasteiger partial charge in [0.1, 0.15) is 5.82 Å². The van der Waals surface area contributed by atoms with Gasteiger partial charge in [0.25, 0.3) is 0 Å². The summed E-state index contributed by atoms with van der Waals surface area (Å²) in [4.78, 5) is 0.133. The van der Waals surface area contributed by atoms with Crippen LogP contribution >= 0.6 is 0 Å². The number of benzene rings is 1. The van der Waals surface area contributed by atoms with Gasteiger partial charge in [-0.2, -0.15) is 4.31 Å². The molecule has 0 amide bonds. The standard InChI is InChI=1S/C14H23FN2O2S/c1-5-8-17(14(3,4)10-16)20(18,19)13-7-6-12(15)9-11(13)2/h6-7,9H,5,8,10,16H2,1-4H3. The van der Waals surface area contributed by atoms with Crippen LogP contribution in [0.1, 0.15) is 32.8 Å². The molecule has 0 fully saturated rings. The van der Waals surface area contributed by atoms with Crippen LogP contribution in [-0.2, 0) is 10.0 Å². The van der Waals surface area contributed by atoms with E-state index in [0.29, 0.717) is 18.5 Å². The van der Waals surface area contributed by atoms with Gasteiger partial charge >= 0.3 is 0 Å². The zero-order valence-electron chi connectivity index (χ0n) is 12.5. The minimum absolute atomic E-state index is 0.133. The minimum atomic E-state index is -3.69. The first-order chi connectivity index (χ1) is 9.16. The zero-order chi connectivity index (χ0) is 15.6. The van der Waals surface area contributed by atoms with Crippen LogP contribution in [0.4, 0.5) is 4.39 Å². The van der Waals surface area contributed by atoms with E-state index in [-0.39, 0.29) is 11.4 Å². The first-order valence-electron chi connectivity index (χ1n) is 6.66. The summed E-state index contributed by atoms with van der Waals surface area (Å²) in [6.07, 6.45) is 0.683. The number of hydrogen-bond donors (Lipinski definition) is 1. The number of rotatable bonds is 6. The summed E-state index contributed by atoms with van der Waals surface area (Å²) < 4.78 is 40.2. The number of hydrogen-bond acceptors (Lipinski definition) is 3. The van der Waals surface area contributed by atoms with Crippen molar-refractivity contribution in [3.63, 3.8) is 0 Å². The third-order valence-electron chi connectivity index (χ3n) is 3.31. The molecule has 0 unspecified atom stereocenters. The largest absolute Gasteiger partial charge is 0.329 e. The van der Waals surface area contributed by atoms with Crippen molar-refractivity contribution in [2.75, 3.05) is 13.1 Å². The van der Waals surface area contributed by atoms with Crippen LogP contribution in [0.3, 0.4) is 0 Å². The first kappa shape index (κ1) is 17.1. The fourth-order valence-electron chi connectivity index (χ4n) is 2.07. The molecule has 0 heterocycles. The van der Waals surface area contributed by atoms with E-state index >= 15 is 0 Å². The van der Waals surface area contributed by atoms with E-state index in [9.17, 15) is 12.8 Å². The molecule has 20 heavy (non-hydrogen) atoms. The van der Waals surface area contributed by atoms with Gasteiger partial charge in [-0.1, -0.05) is 6.92 Å². The lowest BCUT2D eigenvalue weighted by Crippen LogP contribution is -2.52. The van der Waals surface area contributed by atoms with Gasteiger partial charge in [-0.25, -0.2) is 12.8 Å². The molecule has 1 rings (SSSR count). The molecule has 114 valence electrons. The fourth-order valence-corrected chi connectivity index (χ4v) is 4.17. The molecule has 0 aliphatic carbocycles. The molecule has 1 aromatic carbocycles. The fraction of sp³-hybridized carbons (Fsp3) is 0.571. The van der Waals surface area contributed by atoms with Crippen molar-refractivity contribution in [3.8, 4) is 0 Å². The summed E-state index contributed by atoms with van der Waals surface area (Å²) in [5.41, 5.74) is 5.43. The van der Waals surface area contributed by atoms with Crippen LogP contribution < -0.4 is 5.73 Å². The van der Waals surface area contributed by atoms with E-state index in [1.54, 1.807) is 20.8 Å². The van der Waals surface area contributed by atoms with E-state index in [0.717, 1.165) is 0 Å². The van der Waals surface area contributed by atoms with Crippen LogP contribution in [0.5, 0.6) is 0 Å². The Kier molecular flexibility index (Phi) is 5.29. The van der Waals surface area contributed by atoms with Crippen LogP contribution in [0.25, 0.3) is 0 Å². The molecule has 0 radical (unpaired) electrons. The monoisotopic (exact) mass is 302 g/mol. The molecule has 2 N–H and O–H groups in total. The van der Waals surface area contributed by atoms with Gasteiger partial charge < -0.3 is 5.73 Å². The highest BCUT2D eigenvalue weighted by Crippen LogP contribution is 2.26. The zero-order valence-corrected chi connectivity index (χ0v) is 13.3. The molecule has 0 aliphatic heterocycles. The highest BCUT2D eigenvalue weighted by molar-refractivity contribution is 7.89. The number of aryl methyl sites for hydroxylation is 1. The van der Waals surface area contributed by atoms with E-state index in [2.05, 4.69) is 0 Å². The molecule has 0 saturated carbocycles. The summed E-state index contributed by atoms with van der Waals surface area (Å²) >= 11 is 0. The maximum Gasteiger partial charge on any atom is 0.243 e. The molecule has 0 aliphatic rings. The molecule has 0 spiro atoms. The van der Waals surface area contributed by atoms with Crippen LogP contribution in [0.15, 0.2) is 23.1 Å². The maximum absolute atomic E-state index is 13.2. The Hall–Kier alpha value is -0.980. The second-order valence-electron chi connectivity index (χ2n) is 5.50. The van der Waals surface area contributed by atoms with Crippen molar-refractivity contribution in [1.82, 2.24) is 4.31 Å². The number of sulfonamides is 1. The summed E-state index contributed by atoms with van der Waals surface area (Å²) in [5.74, 6) is -0.443. The van der Waals surface area contributed by atoms with E-state index in [1.165, 1.54) is 22.5 Å². The predicted molar refractivity (Wildman–Crippen MR) is 78.5 cm³/mol. The van der Waals surface area contributed by atoms with Gasteiger partial charge in [-0.15, -0.1) is 0 Å². The van der Waals surface area contributed by atoms with Gasteiger partial charge in [-0.05, 0) is 51.0 Å². The smallest absolute Gasteiger partial charge is 0.243 e. The van der Waals surface area contributed by atoms with E-state index in [1.807, 2.05) is 6.92 Å². The Labute approximate surface area is 120 Å². The molecule has 4 nitrogen and oxygen atoms in total. The SMILES string of the molecule is CCCN(C(C)(C)CN)S(=O)(=O)c1ccc(F)cc1C. The lowest BCUT2D eigenvalue weighted by atomic mass is 10.1. The molecular weight excluding hydrogens is 279 g/mol. The van der Waals surface area contributed by atoms with Crippen LogP contribution in [-0.4, -0.2) is 31.4 Å². The van der Waals surface area contributed by atoms with Crippen LogP contribution in [0, 0.1) is 12.7 Å². The first-order valence-corrected chi connectivity index (χ1v) is 8.10. The second-order valence-corrected chi connectivity index (χ2v) is 7.33.